The molecule has 0 aromatic heterocycles. The average molecular weight is 396 g/mol. The molecular weight excluding hydrogens is 366 g/mol. The monoisotopic (exact) mass is 395 g/mol. The summed E-state index contributed by atoms with van der Waals surface area (Å²) in [6, 6.07) is 6.09. The van der Waals surface area contributed by atoms with Crippen molar-refractivity contribution in [3.05, 3.63) is 24.3 Å². The number of sulfonamides is 1. The number of carbonyl (C=O) groups is 2. The molecule has 2 amide bonds. The summed E-state index contributed by atoms with van der Waals surface area (Å²) in [6.07, 6.45) is 2.26. The Labute approximate surface area is 161 Å². The Morgan fingerprint density at radius 1 is 1.22 bits per heavy atom. The van der Waals surface area contributed by atoms with Gasteiger partial charge in [0, 0.05) is 32.2 Å². The lowest BCUT2D eigenvalue weighted by Gasteiger charge is -2.31. The van der Waals surface area contributed by atoms with Crippen LogP contribution in [0, 0.1) is 11.8 Å². The van der Waals surface area contributed by atoms with Gasteiger partial charge in [-0.2, -0.15) is 4.31 Å². The molecule has 2 N–H and O–H groups in total. The van der Waals surface area contributed by atoms with Crippen molar-refractivity contribution in [1.29, 1.82) is 0 Å². The summed E-state index contributed by atoms with van der Waals surface area (Å²) in [5.41, 5.74) is 0.544. The van der Waals surface area contributed by atoms with Gasteiger partial charge in [0.05, 0.1) is 10.8 Å². The third-order valence-corrected chi connectivity index (χ3v) is 6.47. The lowest BCUT2D eigenvalue weighted by molar-refractivity contribution is -0.126. The van der Waals surface area contributed by atoms with Crippen molar-refractivity contribution >= 4 is 27.5 Å². The van der Waals surface area contributed by atoms with Crippen LogP contribution < -0.4 is 10.6 Å². The fourth-order valence-corrected chi connectivity index (χ4v) is 4.59. The Morgan fingerprint density at radius 2 is 1.89 bits per heavy atom. The van der Waals surface area contributed by atoms with Crippen LogP contribution in [0.2, 0.25) is 0 Å². The smallest absolute Gasteiger partial charge is 0.243 e. The van der Waals surface area contributed by atoms with Gasteiger partial charge in [0.25, 0.3) is 0 Å². The third kappa shape index (κ3) is 6.04. The molecule has 1 fully saturated rings. The van der Waals surface area contributed by atoms with Crippen molar-refractivity contribution in [2.24, 2.45) is 11.8 Å². The van der Waals surface area contributed by atoms with Gasteiger partial charge in [-0.05, 0) is 49.4 Å². The second kappa shape index (κ2) is 9.32. The van der Waals surface area contributed by atoms with Crippen LogP contribution in [0.5, 0.6) is 0 Å². The van der Waals surface area contributed by atoms with Crippen LogP contribution in [-0.4, -0.2) is 44.2 Å². The van der Waals surface area contributed by atoms with Gasteiger partial charge in [-0.1, -0.05) is 13.8 Å². The largest absolute Gasteiger partial charge is 0.356 e. The molecule has 0 saturated carbocycles. The Morgan fingerprint density at radius 3 is 2.48 bits per heavy atom. The number of amides is 2. The predicted molar refractivity (Wildman–Crippen MR) is 105 cm³/mol. The maximum absolute atomic E-state index is 12.9. The molecule has 7 nitrogen and oxygen atoms in total. The van der Waals surface area contributed by atoms with Crippen LogP contribution >= 0.6 is 0 Å². The second-order valence-corrected chi connectivity index (χ2v) is 9.32. The first-order valence-corrected chi connectivity index (χ1v) is 10.8. The molecular formula is C19H29N3O4S. The van der Waals surface area contributed by atoms with Crippen LogP contribution in [0.25, 0.3) is 0 Å². The van der Waals surface area contributed by atoms with Crippen LogP contribution in [0.4, 0.5) is 5.69 Å². The zero-order valence-electron chi connectivity index (χ0n) is 16.2. The van der Waals surface area contributed by atoms with E-state index in [-0.39, 0.29) is 29.2 Å². The molecule has 1 heterocycles. The standard InChI is InChI=1S/C19H29N3O4S/c1-14(2)10-11-20-19(24)16-5-4-12-22(13-16)27(25,26)18-8-6-17(7-9-18)21-15(3)23/h6-9,14,16H,4-5,10-13H2,1-3H3,(H,20,24)(H,21,23)/t16-/m1/s1. The first kappa shape index (κ1) is 21.4. The zero-order chi connectivity index (χ0) is 20.0. The van der Waals surface area contributed by atoms with Gasteiger partial charge in [0.15, 0.2) is 0 Å². The van der Waals surface area contributed by atoms with E-state index in [1.165, 1.54) is 23.4 Å². The first-order chi connectivity index (χ1) is 12.7. The normalized spacial score (nSPS) is 18.3. The highest BCUT2D eigenvalue weighted by molar-refractivity contribution is 7.89. The molecule has 1 aromatic carbocycles. The number of nitrogens with zero attached hydrogens (tertiary/aromatic N) is 1. The van der Waals surface area contributed by atoms with Crippen LogP contribution in [-0.2, 0) is 19.6 Å². The van der Waals surface area contributed by atoms with Gasteiger partial charge in [0.1, 0.15) is 0 Å². The highest BCUT2D eigenvalue weighted by Gasteiger charge is 2.33. The molecule has 2 rings (SSSR count). The quantitative estimate of drug-likeness (QED) is 0.740. The molecule has 1 aliphatic rings. The van der Waals surface area contributed by atoms with E-state index in [4.69, 9.17) is 0 Å². The average Bonchev–Trinajstić information content (AvgIpc) is 2.61. The van der Waals surface area contributed by atoms with Crippen LogP contribution in [0.3, 0.4) is 0 Å². The van der Waals surface area contributed by atoms with Crippen molar-refractivity contribution in [2.45, 2.75) is 44.9 Å². The molecule has 1 saturated heterocycles. The fourth-order valence-electron chi connectivity index (χ4n) is 3.07. The number of benzene rings is 1. The molecule has 0 aliphatic carbocycles. The third-order valence-electron chi connectivity index (χ3n) is 4.59. The first-order valence-electron chi connectivity index (χ1n) is 9.35. The topological polar surface area (TPSA) is 95.6 Å². The van der Waals surface area contributed by atoms with E-state index in [1.807, 2.05) is 0 Å². The Balaban J connectivity index is 2.03. The van der Waals surface area contributed by atoms with E-state index in [2.05, 4.69) is 24.5 Å². The molecule has 0 bridgehead atoms. The molecule has 1 aromatic rings. The number of hydrogen-bond donors (Lipinski definition) is 2. The summed E-state index contributed by atoms with van der Waals surface area (Å²) >= 11 is 0. The number of anilines is 1. The summed E-state index contributed by atoms with van der Waals surface area (Å²) in [5.74, 6) is -0.0992. The lowest BCUT2D eigenvalue weighted by Crippen LogP contribution is -2.45. The minimum Gasteiger partial charge on any atom is -0.356 e. The van der Waals surface area contributed by atoms with E-state index in [1.54, 1.807) is 12.1 Å². The maximum Gasteiger partial charge on any atom is 0.243 e. The van der Waals surface area contributed by atoms with Crippen molar-refractivity contribution in [3.8, 4) is 0 Å². The predicted octanol–water partition coefficient (Wildman–Crippen LogP) is 2.21. The van der Waals surface area contributed by atoms with Crippen LogP contribution in [0.1, 0.15) is 40.0 Å². The number of hydrogen-bond acceptors (Lipinski definition) is 4. The molecule has 8 heteroatoms. The molecule has 0 spiro atoms. The van der Waals surface area contributed by atoms with Gasteiger partial charge in [-0.25, -0.2) is 8.42 Å². The lowest BCUT2D eigenvalue weighted by atomic mass is 9.98. The summed E-state index contributed by atoms with van der Waals surface area (Å²) < 4.78 is 27.2. The number of rotatable bonds is 7. The van der Waals surface area contributed by atoms with E-state index in [0.29, 0.717) is 37.5 Å². The van der Waals surface area contributed by atoms with E-state index in [0.717, 1.165) is 6.42 Å². The zero-order valence-corrected chi connectivity index (χ0v) is 17.0. The van der Waals surface area contributed by atoms with Crippen molar-refractivity contribution in [1.82, 2.24) is 9.62 Å². The van der Waals surface area contributed by atoms with E-state index in [9.17, 15) is 18.0 Å². The van der Waals surface area contributed by atoms with E-state index >= 15 is 0 Å². The highest BCUT2D eigenvalue weighted by Crippen LogP contribution is 2.25. The van der Waals surface area contributed by atoms with Gasteiger partial charge in [0.2, 0.25) is 21.8 Å². The molecule has 0 radical (unpaired) electrons. The Bertz CT molecular complexity index is 760. The van der Waals surface area contributed by atoms with E-state index < -0.39 is 10.0 Å². The van der Waals surface area contributed by atoms with Crippen molar-refractivity contribution < 1.29 is 18.0 Å². The fraction of sp³-hybridized carbons (Fsp3) is 0.579. The van der Waals surface area contributed by atoms with Gasteiger partial charge in [-0.15, -0.1) is 0 Å². The molecule has 0 unspecified atom stereocenters. The Kier molecular flexibility index (Phi) is 7.38. The molecule has 1 atom stereocenters. The summed E-state index contributed by atoms with van der Waals surface area (Å²) in [5, 5.41) is 5.53. The number of piperidine rings is 1. The minimum absolute atomic E-state index is 0.0726. The summed E-state index contributed by atoms with van der Waals surface area (Å²) in [7, 11) is -3.67. The minimum atomic E-state index is -3.67. The summed E-state index contributed by atoms with van der Waals surface area (Å²) in [4.78, 5) is 23.6. The molecule has 27 heavy (non-hydrogen) atoms. The van der Waals surface area contributed by atoms with Gasteiger partial charge >= 0.3 is 0 Å². The second-order valence-electron chi connectivity index (χ2n) is 7.38. The van der Waals surface area contributed by atoms with Crippen LogP contribution in [0.15, 0.2) is 29.2 Å². The Hall–Kier alpha value is -1.93. The van der Waals surface area contributed by atoms with Gasteiger partial charge < -0.3 is 10.6 Å². The maximum atomic E-state index is 12.9. The SMILES string of the molecule is CC(=O)Nc1ccc(S(=O)(=O)N2CCC[C@@H](C(=O)NCCC(C)C)C2)cc1. The highest BCUT2D eigenvalue weighted by atomic mass is 32.2. The van der Waals surface area contributed by atoms with Crippen molar-refractivity contribution in [2.75, 3.05) is 25.0 Å². The number of carbonyl (C=O) groups excluding carboxylic acids is 2. The van der Waals surface area contributed by atoms with Crippen molar-refractivity contribution in [3.63, 3.8) is 0 Å². The van der Waals surface area contributed by atoms with Gasteiger partial charge in [-0.3, -0.25) is 9.59 Å². The summed E-state index contributed by atoms with van der Waals surface area (Å²) in [6.45, 7) is 6.81. The number of nitrogens with one attached hydrogen (secondary N) is 2. The molecule has 1 aliphatic heterocycles. The molecule has 150 valence electrons.